The molecule has 0 saturated heterocycles. The highest BCUT2D eigenvalue weighted by atomic mass is 16.5. The first-order chi connectivity index (χ1) is 8.29. The Kier molecular flexibility index (Phi) is 7.35. The van der Waals surface area contributed by atoms with Crippen LogP contribution in [0.25, 0.3) is 6.08 Å². The summed E-state index contributed by atoms with van der Waals surface area (Å²) in [6, 6.07) is 10.3. The van der Waals surface area contributed by atoms with Crippen LogP contribution < -0.4 is 5.32 Å². The summed E-state index contributed by atoms with van der Waals surface area (Å²) in [6.07, 6.45) is 4.26. The van der Waals surface area contributed by atoms with Gasteiger partial charge < -0.3 is 10.1 Å². The maximum atomic E-state index is 5.47. The zero-order valence-electron chi connectivity index (χ0n) is 10.9. The Labute approximate surface area is 105 Å². The molecule has 0 aliphatic heterocycles. The molecule has 0 aliphatic carbocycles. The predicted molar refractivity (Wildman–Crippen MR) is 74.0 cm³/mol. The largest absolute Gasteiger partial charge is 0.380 e. The van der Waals surface area contributed by atoms with Gasteiger partial charge in [-0.2, -0.15) is 0 Å². The molecule has 0 heterocycles. The molecule has 1 rings (SSSR count). The zero-order chi connectivity index (χ0) is 12.3. The van der Waals surface area contributed by atoms with Crippen LogP contribution in [0.3, 0.4) is 0 Å². The van der Waals surface area contributed by atoms with Crippen molar-refractivity contribution >= 4 is 6.08 Å². The predicted octanol–water partition coefficient (Wildman–Crippen LogP) is 2.96. The van der Waals surface area contributed by atoms with E-state index in [0.29, 0.717) is 5.92 Å². The van der Waals surface area contributed by atoms with Crippen molar-refractivity contribution in [3.8, 4) is 0 Å². The maximum Gasteiger partial charge on any atom is 0.0591 e. The SMILES string of the molecule is CC(C)COCCNC/C=C/c1ccccc1. The summed E-state index contributed by atoms with van der Waals surface area (Å²) in [7, 11) is 0. The van der Waals surface area contributed by atoms with Crippen LogP contribution in [0.5, 0.6) is 0 Å². The van der Waals surface area contributed by atoms with Gasteiger partial charge in [0.2, 0.25) is 0 Å². The van der Waals surface area contributed by atoms with Gasteiger partial charge in [-0.15, -0.1) is 0 Å². The smallest absolute Gasteiger partial charge is 0.0591 e. The van der Waals surface area contributed by atoms with Crippen molar-refractivity contribution in [2.24, 2.45) is 5.92 Å². The van der Waals surface area contributed by atoms with Crippen LogP contribution in [0.1, 0.15) is 19.4 Å². The van der Waals surface area contributed by atoms with Gasteiger partial charge in [-0.3, -0.25) is 0 Å². The number of ether oxygens (including phenoxy) is 1. The number of benzene rings is 1. The molecule has 0 aliphatic rings. The van der Waals surface area contributed by atoms with E-state index in [9.17, 15) is 0 Å². The summed E-state index contributed by atoms with van der Waals surface area (Å²) >= 11 is 0. The van der Waals surface area contributed by atoms with E-state index in [-0.39, 0.29) is 0 Å². The van der Waals surface area contributed by atoms with Crippen LogP contribution in [-0.2, 0) is 4.74 Å². The second-order valence-electron chi connectivity index (χ2n) is 4.49. The number of hydrogen-bond acceptors (Lipinski definition) is 2. The van der Waals surface area contributed by atoms with E-state index < -0.39 is 0 Å². The van der Waals surface area contributed by atoms with Gasteiger partial charge in [-0.05, 0) is 11.5 Å². The molecule has 2 heteroatoms. The van der Waals surface area contributed by atoms with Gasteiger partial charge in [0.15, 0.2) is 0 Å². The molecule has 17 heavy (non-hydrogen) atoms. The summed E-state index contributed by atoms with van der Waals surface area (Å²) in [4.78, 5) is 0. The van der Waals surface area contributed by atoms with Gasteiger partial charge in [0.05, 0.1) is 6.61 Å². The first-order valence-electron chi connectivity index (χ1n) is 6.29. The third-order valence-electron chi connectivity index (χ3n) is 2.25. The van der Waals surface area contributed by atoms with Gasteiger partial charge in [-0.1, -0.05) is 56.3 Å². The van der Waals surface area contributed by atoms with Gasteiger partial charge in [0.1, 0.15) is 0 Å². The minimum Gasteiger partial charge on any atom is -0.380 e. The minimum atomic E-state index is 0.618. The molecule has 1 N–H and O–H groups in total. The Morgan fingerprint density at radius 3 is 2.71 bits per heavy atom. The Morgan fingerprint density at radius 1 is 1.24 bits per heavy atom. The standard InChI is InChI=1S/C15H23NO/c1-14(2)13-17-12-11-16-10-6-9-15-7-4-3-5-8-15/h3-9,14,16H,10-13H2,1-2H3/b9-6+. The molecule has 0 bridgehead atoms. The lowest BCUT2D eigenvalue weighted by Crippen LogP contribution is -2.20. The van der Waals surface area contributed by atoms with Crippen molar-refractivity contribution in [2.75, 3.05) is 26.3 Å². The molecular formula is C15H23NO. The highest BCUT2D eigenvalue weighted by Gasteiger charge is 1.92. The van der Waals surface area contributed by atoms with E-state index >= 15 is 0 Å². The maximum absolute atomic E-state index is 5.47. The molecule has 94 valence electrons. The van der Waals surface area contributed by atoms with Gasteiger partial charge in [0, 0.05) is 19.7 Å². The number of nitrogens with one attached hydrogen (secondary N) is 1. The molecule has 0 fully saturated rings. The van der Waals surface area contributed by atoms with Crippen molar-refractivity contribution in [1.82, 2.24) is 5.32 Å². The summed E-state index contributed by atoms with van der Waals surface area (Å²) in [5.41, 5.74) is 1.24. The van der Waals surface area contributed by atoms with E-state index in [2.05, 4.69) is 43.4 Å². The van der Waals surface area contributed by atoms with Crippen molar-refractivity contribution in [2.45, 2.75) is 13.8 Å². The molecule has 0 aromatic heterocycles. The third-order valence-corrected chi connectivity index (χ3v) is 2.25. The number of hydrogen-bond donors (Lipinski definition) is 1. The van der Waals surface area contributed by atoms with Crippen LogP contribution >= 0.6 is 0 Å². The van der Waals surface area contributed by atoms with E-state index in [1.165, 1.54) is 5.56 Å². The summed E-state index contributed by atoms with van der Waals surface area (Å²) < 4.78 is 5.47. The first kappa shape index (κ1) is 13.9. The topological polar surface area (TPSA) is 21.3 Å². The van der Waals surface area contributed by atoms with E-state index in [1.807, 2.05) is 18.2 Å². The fourth-order valence-corrected chi connectivity index (χ4v) is 1.41. The van der Waals surface area contributed by atoms with Crippen LogP contribution in [0.15, 0.2) is 36.4 Å². The Hall–Kier alpha value is -1.12. The Balaban J connectivity index is 1.99. The van der Waals surface area contributed by atoms with Gasteiger partial charge >= 0.3 is 0 Å². The van der Waals surface area contributed by atoms with Crippen molar-refractivity contribution < 1.29 is 4.74 Å². The molecule has 0 saturated carbocycles. The normalized spacial score (nSPS) is 11.5. The Bertz CT molecular complexity index is 306. The van der Waals surface area contributed by atoms with Crippen molar-refractivity contribution in [1.29, 1.82) is 0 Å². The molecule has 2 nitrogen and oxygen atoms in total. The van der Waals surface area contributed by atoms with E-state index in [1.54, 1.807) is 0 Å². The molecule has 0 atom stereocenters. The molecule has 0 radical (unpaired) electrons. The molecule has 1 aromatic carbocycles. The minimum absolute atomic E-state index is 0.618. The lowest BCUT2D eigenvalue weighted by atomic mass is 10.2. The summed E-state index contributed by atoms with van der Waals surface area (Å²) in [6.45, 7) is 7.76. The van der Waals surface area contributed by atoms with Crippen LogP contribution in [0.2, 0.25) is 0 Å². The fourth-order valence-electron chi connectivity index (χ4n) is 1.41. The molecule has 0 unspecified atom stereocenters. The van der Waals surface area contributed by atoms with Crippen molar-refractivity contribution in [3.63, 3.8) is 0 Å². The lowest BCUT2D eigenvalue weighted by Gasteiger charge is -2.06. The van der Waals surface area contributed by atoms with E-state index in [0.717, 1.165) is 26.3 Å². The molecule has 1 aromatic rings. The lowest BCUT2D eigenvalue weighted by molar-refractivity contribution is 0.112. The molecule has 0 amide bonds. The third kappa shape index (κ3) is 7.72. The fraction of sp³-hybridized carbons (Fsp3) is 0.467. The van der Waals surface area contributed by atoms with E-state index in [4.69, 9.17) is 4.74 Å². The van der Waals surface area contributed by atoms with Crippen LogP contribution in [0, 0.1) is 5.92 Å². The highest BCUT2D eigenvalue weighted by molar-refractivity contribution is 5.48. The average Bonchev–Trinajstić information content (AvgIpc) is 2.33. The monoisotopic (exact) mass is 233 g/mol. The second kappa shape index (κ2) is 8.97. The average molecular weight is 233 g/mol. The zero-order valence-corrected chi connectivity index (χ0v) is 10.9. The summed E-state index contributed by atoms with van der Waals surface area (Å²) in [5.74, 6) is 0.618. The molecule has 0 spiro atoms. The highest BCUT2D eigenvalue weighted by Crippen LogP contribution is 1.99. The van der Waals surface area contributed by atoms with Gasteiger partial charge in [-0.25, -0.2) is 0 Å². The van der Waals surface area contributed by atoms with Gasteiger partial charge in [0.25, 0.3) is 0 Å². The number of rotatable bonds is 8. The summed E-state index contributed by atoms with van der Waals surface area (Å²) in [5, 5.41) is 3.32. The first-order valence-corrected chi connectivity index (χ1v) is 6.29. The van der Waals surface area contributed by atoms with Crippen molar-refractivity contribution in [3.05, 3.63) is 42.0 Å². The van der Waals surface area contributed by atoms with Crippen LogP contribution in [-0.4, -0.2) is 26.3 Å². The second-order valence-corrected chi connectivity index (χ2v) is 4.49. The van der Waals surface area contributed by atoms with Crippen LogP contribution in [0.4, 0.5) is 0 Å². The molecular weight excluding hydrogens is 210 g/mol. The Morgan fingerprint density at radius 2 is 2.00 bits per heavy atom. The quantitative estimate of drug-likeness (QED) is 0.697.